The molecule has 2 aliphatic carbocycles. The van der Waals surface area contributed by atoms with Gasteiger partial charge >= 0.3 is 0 Å². The lowest BCUT2D eigenvalue weighted by molar-refractivity contribution is -0.0188. The lowest BCUT2D eigenvalue weighted by Crippen LogP contribution is -2.48. The predicted octanol–water partition coefficient (Wildman–Crippen LogP) is 6.25. The molecule has 0 bridgehead atoms. The van der Waals surface area contributed by atoms with Crippen molar-refractivity contribution < 1.29 is 4.43 Å². The van der Waals surface area contributed by atoms with Crippen molar-refractivity contribution in [3.8, 4) is 12.3 Å². The molecule has 0 aliphatic heterocycles. The molecule has 1 nitrogen and oxygen atoms in total. The zero-order valence-corrected chi connectivity index (χ0v) is 17.2. The molecule has 2 fully saturated rings. The van der Waals surface area contributed by atoms with Crippen LogP contribution in [0.25, 0.3) is 0 Å². The second-order valence-electron chi connectivity index (χ2n) is 8.47. The molecule has 0 saturated heterocycles. The molecule has 0 heterocycles. The fourth-order valence-corrected chi connectivity index (χ4v) is 8.81. The summed E-state index contributed by atoms with van der Waals surface area (Å²) >= 11 is 0. The lowest BCUT2D eigenvalue weighted by atomic mass is 9.61. The summed E-state index contributed by atoms with van der Waals surface area (Å²) in [6, 6.07) is 3.82. The van der Waals surface area contributed by atoms with Crippen molar-refractivity contribution in [3.63, 3.8) is 0 Å². The Hall–Kier alpha value is -0.263. The molecule has 0 aromatic heterocycles. The Morgan fingerprint density at radius 3 is 2.39 bits per heavy atom. The summed E-state index contributed by atoms with van der Waals surface area (Å²) in [5.74, 6) is 5.15. The first-order valence-electron chi connectivity index (χ1n) is 10.1. The van der Waals surface area contributed by atoms with Crippen LogP contribution < -0.4 is 0 Å². The van der Waals surface area contributed by atoms with E-state index in [1.807, 2.05) is 0 Å². The van der Waals surface area contributed by atoms with E-state index in [1.165, 1.54) is 50.2 Å². The zero-order valence-electron chi connectivity index (χ0n) is 16.2. The van der Waals surface area contributed by atoms with Gasteiger partial charge in [0.25, 0.3) is 0 Å². The van der Waals surface area contributed by atoms with Crippen LogP contribution in [-0.4, -0.2) is 14.4 Å². The van der Waals surface area contributed by atoms with Gasteiger partial charge in [-0.1, -0.05) is 41.0 Å². The van der Waals surface area contributed by atoms with Gasteiger partial charge in [-0.05, 0) is 67.0 Å². The van der Waals surface area contributed by atoms with Crippen LogP contribution in [0.1, 0.15) is 73.1 Å². The van der Waals surface area contributed by atoms with Crippen molar-refractivity contribution in [1.29, 1.82) is 0 Å². The summed E-state index contributed by atoms with van der Waals surface area (Å²) in [4.78, 5) is 0. The highest BCUT2D eigenvalue weighted by molar-refractivity contribution is 6.73. The van der Waals surface area contributed by atoms with Gasteiger partial charge in [-0.25, -0.2) is 0 Å². The minimum absolute atomic E-state index is 0.467. The third kappa shape index (κ3) is 3.56. The Balaban J connectivity index is 2.16. The van der Waals surface area contributed by atoms with E-state index in [4.69, 9.17) is 10.8 Å². The van der Waals surface area contributed by atoms with E-state index in [9.17, 15) is 0 Å². The number of hydrogen-bond donors (Lipinski definition) is 0. The maximum atomic E-state index is 6.99. The maximum absolute atomic E-state index is 6.99. The molecule has 0 spiro atoms. The first kappa shape index (κ1) is 19.1. The Morgan fingerprint density at radius 1 is 1.17 bits per heavy atom. The van der Waals surface area contributed by atoms with Gasteiger partial charge in [0.15, 0.2) is 8.32 Å². The van der Waals surface area contributed by atoms with E-state index < -0.39 is 8.32 Å². The fourth-order valence-electron chi connectivity index (χ4n) is 5.89. The molecule has 0 amide bonds. The average molecular weight is 335 g/mol. The third-order valence-corrected chi connectivity index (χ3v) is 12.3. The van der Waals surface area contributed by atoms with Crippen LogP contribution in [0.2, 0.25) is 18.1 Å². The van der Waals surface area contributed by atoms with Crippen LogP contribution in [0.5, 0.6) is 0 Å². The molecule has 0 radical (unpaired) electrons. The van der Waals surface area contributed by atoms with Gasteiger partial charge in [0.2, 0.25) is 0 Å². The molecule has 2 rings (SSSR count). The van der Waals surface area contributed by atoms with Crippen LogP contribution in [0.3, 0.4) is 0 Å². The highest BCUT2D eigenvalue weighted by Gasteiger charge is 2.53. The van der Waals surface area contributed by atoms with E-state index in [0.717, 1.165) is 18.3 Å². The molecular weight excluding hydrogens is 296 g/mol. The van der Waals surface area contributed by atoms with Crippen molar-refractivity contribution in [1.82, 2.24) is 0 Å². The smallest absolute Gasteiger partial charge is 0.192 e. The van der Waals surface area contributed by atoms with Crippen molar-refractivity contribution in [2.75, 3.05) is 0 Å². The fraction of sp³-hybridized carbons (Fsp3) is 0.905. The molecule has 2 saturated carbocycles. The highest BCUT2D eigenvalue weighted by Crippen LogP contribution is 2.59. The summed E-state index contributed by atoms with van der Waals surface area (Å²) in [5, 5.41) is 0. The second-order valence-corrected chi connectivity index (χ2v) is 13.2. The number of rotatable bonds is 7. The molecule has 132 valence electrons. The standard InChI is InChI=1S/C21H38OSi/c1-7-12-17(5)18-14-15-19-20(13-11-16-21(18,19)6)22-23(8-2,9-3)10-4/h1,17-20H,8-16H2,2-6H3/t17-,18-,19+,20+,21-/m1/s1. The molecular formula is C21H38OSi. The second kappa shape index (κ2) is 7.75. The van der Waals surface area contributed by atoms with Gasteiger partial charge in [-0.15, -0.1) is 12.3 Å². The Bertz CT molecular complexity index is 414. The van der Waals surface area contributed by atoms with Crippen molar-refractivity contribution in [3.05, 3.63) is 0 Å². The monoisotopic (exact) mass is 334 g/mol. The third-order valence-electron chi connectivity index (χ3n) is 7.60. The molecule has 2 aliphatic rings. The molecule has 2 heteroatoms. The van der Waals surface area contributed by atoms with Crippen molar-refractivity contribution in [2.45, 2.75) is 97.4 Å². The summed E-state index contributed by atoms with van der Waals surface area (Å²) in [6.07, 6.45) is 13.8. The molecule has 0 aromatic carbocycles. The lowest BCUT2D eigenvalue weighted by Gasteiger charge is -2.48. The van der Waals surface area contributed by atoms with Gasteiger partial charge < -0.3 is 4.43 Å². The minimum Gasteiger partial charge on any atom is -0.414 e. The van der Waals surface area contributed by atoms with Crippen LogP contribution >= 0.6 is 0 Å². The van der Waals surface area contributed by atoms with Crippen LogP contribution in [0.15, 0.2) is 0 Å². The van der Waals surface area contributed by atoms with Gasteiger partial charge in [0.05, 0.1) is 0 Å². The SMILES string of the molecule is C#CC[C@@H](C)[C@H]1CC[C@H]2[C@@H](O[Si](CC)(CC)CC)CCC[C@]12C. The van der Waals surface area contributed by atoms with E-state index in [-0.39, 0.29) is 0 Å². The Kier molecular flexibility index (Phi) is 6.42. The van der Waals surface area contributed by atoms with E-state index in [1.54, 1.807) is 0 Å². The number of hydrogen-bond acceptors (Lipinski definition) is 1. The minimum atomic E-state index is -1.49. The molecule has 23 heavy (non-hydrogen) atoms. The van der Waals surface area contributed by atoms with Crippen molar-refractivity contribution in [2.24, 2.45) is 23.2 Å². The Labute approximate surface area is 146 Å². The van der Waals surface area contributed by atoms with E-state index in [0.29, 0.717) is 17.4 Å². The largest absolute Gasteiger partial charge is 0.414 e. The number of terminal acetylenes is 1. The van der Waals surface area contributed by atoms with E-state index >= 15 is 0 Å². The molecule has 0 N–H and O–H groups in total. The van der Waals surface area contributed by atoms with Gasteiger partial charge in [0, 0.05) is 12.5 Å². The summed E-state index contributed by atoms with van der Waals surface area (Å²) in [7, 11) is -1.49. The van der Waals surface area contributed by atoms with Crippen molar-refractivity contribution >= 4 is 8.32 Å². The van der Waals surface area contributed by atoms with Crippen LogP contribution in [-0.2, 0) is 4.43 Å². The predicted molar refractivity (Wildman–Crippen MR) is 103 cm³/mol. The Morgan fingerprint density at radius 2 is 1.83 bits per heavy atom. The topological polar surface area (TPSA) is 9.23 Å². The molecule has 5 atom stereocenters. The zero-order chi connectivity index (χ0) is 17.1. The van der Waals surface area contributed by atoms with Crippen LogP contribution in [0, 0.1) is 35.5 Å². The average Bonchev–Trinajstić information content (AvgIpc) is 2.91. The molecule has 0 aromatic rings. The maximum Gasteiger partial charge on any atom is 0.192 e. The van der Waals surface area contributed by atoms with Gasteiger partial charge in [-0.3, -0.25) is 0 Å². The van der Waals surface area contributed by atoms with E-state index in [2.05, 4.69) is 40.5 Å². The normalized spacial score (nSPS) is 35.6. The van der Waals surface area contributed by atoms with Gasteiger partial charge in [-0.2, -0.15) is 0 Å². The highest BCUT2D eigenvalue weighted by atomic mass is 28.4. The summed E-state index contributed by atoms with van der Waals surface area (Å²) in [5.41, 5.74) is 0.467. The first-order chi connectivity index (χ1) is 11.0. The summed E-state index contributed by atoms with van der Waals surface area (Å²) < 4.78 is 6.99. The first-order valence-corrected chi connectivity index (χ1v) is 12.6. The molecule has 0 unspecified atom stereocenters. The summed E-state index contributed by atoms with van der Waals surface area (Å²) in [6.45, 7) is 12.0. The van der Waals surface area contributed by atoms with Gasteiger partial charge in [0.1, 0.15) is 0 Å². The quantitative estimate of drug-likeness (QED) is 0.395. The number of fused-ring (bicyclic) bond motifs is 1. The van der Waals surface area contributed by atoms with Crippen LogP contribution in [0.4, 0.5) is 0 Å².